The van der Waals surface area contributed by atoms with E-state index in [9.17, 15) is 34.8 Å². The van der Waals surface area contributed by atoms with Gasteiger partial charge >= 0.3 is 31.3 Å². The number of rotatable bonds is 13. The second-order valence-corrected chi connectivity index (χ2v) is 19.1. The highest BCUT2D eigenvalue weighted by Gasteiger charge is 2.46. The lowest BCUT2D eigenvalue weighted by Gasteiger charge is -2.06. The number of aryl methyl sites for hydroxylation is 2. The van der Waals surface area contributed by atoms with E-state index in [1.807, 2.05) is 46.2 Å². The molecule has 0 unspecified atom stereocenters. The Bertz CT molecular complexity index is 1500. The SMILES string of the molecule is COS(=O)(=O)C(F)(F)F.O=S(=O)(O)C(F)(F)F.c1cc(C2=[S+]CCCS2)ccc1CCCCCCCCCc1ccc(C2=[S+]CCCS2)cc1. The maximum atomic E-state index is 11.1. The molecule has 282 valence electrons. The average molecular weight is 829 g/mol. The minimum absolute atomic E-state index is 0.447. The molecule has 0 saturated carbocycles. The van der Waals surface area contributed by atoms with Gasteiger partial charge in [0.2, 0.25) is 0 Å². The Morgan fingerprint density at radius 2 is 0.980 bits per heavy atom. The van der Waals surface area contributed by atoms with E-state index in [0.29, 0.717) is 7.11 Å². The van der Waals surface area contributed by atoms with Crippen molar-refractivity contribution in [3.05, 3.63) is 70.8 Å². The molecule has 0 aliphatic carbocycles. The quantitative estimate of drug-likeness (QED) is 0.0409. The summed E-state index contributed by atoms with van der Waals surface area (Å²) < 4.78 is 116. The summed E-state index contributed by atoms with van der Waals surface area (Å²) in [4.78, 5) is 0. The first-order valence-electron chi connectivity index (χ1n) is 15.8. The third kappa shape index (κ3) is 17.0. The molecule has 18 heteroatoms. The fraction of sp³-hybridized carbons (Fsp3) is 0.562. The van der Waals surface area contributed by atoms with Crippen molar-refractivity contribution in [2.24, 2.45) is 0 Å². The molecule has 2 heterocycles. The lowest BCUT2D eigenvalue weighted by molar-refractivity contribution is -0.0527. The number of benzene rings is 2. The van der Waals surface area contributed by atoms with E-state index in [4.69, 9.17) is 13.0 Å². The smallest absolute Gasteiger partial charge is 0.279 e. The van der Waals surface area contributed by atoms with Gasteiger partial charge in [-0.15, -0.1) is 0 Å². The maximum absolute atomic E-state index is 11.1. The van der Waals surface area contributed by atoms with Gasteiger partial charge in [0.25, 0.3) is 8.39 Å². The number of thioether (sulfide) groups is 2. The van der Waals surface area contributed by atoms with Crippen LogP contribution in [0.2, 0.25) is 0 Å². The Balaban J connectivity index is 0.000000422. The summed E-state index contributed by atoms with van der Waals surface area (Å²) in [6.45, 7) is 0. The molecule has 2 aliphatic rings. The average Bonchev–Trinajstić information content (AvgIpc) is 3.08. The van der Waals surface area contributed by atoms with E-state index in [-0.39, 0.29) is 0 Å². The highest BCUT2D eigenvalue weighted by Crippen LogP contribution is 2.24. The van der Waals surface area contributed by atoms with Crippen molar-refractivity contribution in [1.29, 1.82) is 0 Å². The summed E-state index contributed by atoms with van der Waals surface area (Å²) in [5.74, 6) is 5.15. The molecule has 0 atom stereocenters. The summed E-state index contributed by atoms with van der Waals surface area (Å²) in [5, 5.41) is 0. The van der Waals surface area contributed by atoms with Crippen LogP contribution in [0.5, 0.6) is 0 Å². The van der Waals surface area contributed by atoms with Gasteiger partial charge in [0.15, 0.2) is 34.2 Å². The molecule has 6 nitrogen and oxygen atoms in total. The number of alkyl halides is 6. The fourth-order valence-electron chi connectivity index (χ4n) is 4.45. The molecule has 0 amide bonds. The normalized spacial score (nSPS) is 15.5. The topological polar surface area (TPSA) is 97.7 Å². The third-order valence-electron chi connectivity index (χ3n) is 7.12. The molecule has 4 rings (SSSR count). The van der Waals surface area contributed by atoms with E-state index < -0.39 is 31.3 Å². The summed E-state index contributed by atoms with van der Waals surface area (Å²) >= 11 is 8.14. The Kier molecular flexibility index (Phi) is 19.8. The Hall–Kier alpha value is -1.28. The molecular formula is C32H42F6O6S6+2. The van der Waals surface area contributed by atoms with Gasteiger partial charge in [0.05, 0.1) is 7.11 Å². The second-order valence-electron chi connectivity index (χ2n) is 11.0. The van der Waals surface area contributed by atoms with Gasteiger partial charge in [-0.05, 0) is 61.1 Å². The van der Waals surface area contributed by atoms with Crippen LogP contribution in [0.3, 0.4) is 0 Å². The van der Waals surface area contributed by atoms with Crippen molar-refractivity contribution in [3.63, 3.8) is 0 Å². The second kappa shape index (κ2) is 22.1. The van der Waals surface area contributed by atoms with E-state index in [2.05, 4.69) is 52.7 Å². The van der Waals surface area contributed by atoms with Crippen molar-refractivity contribution in [1.82, 2.24) is 0 Å². The van der Waals surface area contributed by atoms with Crippen molar-refractivity contribution >= 4 is 74.9 Å². The number of hydrogen-bond acceptors (Lipinski definition) is 7. The van der Waals surface area contributed by atoms with E-state index >= 15 is 0 Å². The van der Waals surface area contributed by atoms with Gasteiger partial charge in [-0.3, -0.25) is 8.74 Å². The number of unbranched alkanes of at least 4 members (excludes halogenated alkanes) is 6. The predicted molar refractivity (Wildman–Crippen MR) is 199 cm³/mol. The molecule has 0 fully saturated rings. The number of hydrogen-bond donors (Lipinski definition) is 1. The first kappa shape index (κ1) is 44.9. The minimum Gasteiger partial charge on any atom is -0.279 e. The zero-order valence-electron chi connectivity index (χ0n) is 27.4. The molecule has 0 saturated heterocycles. The summed E-state index contributed by atoms with van der Waals surface area (Å²) in [6, 6.07) is 18.8. The van der Waals surface area contributed by atoms with Crippen molar-refractivity contribution in [2.45, 2.75) is 81.6 Å². The first-order valence-corrected chi connectivity index (χ1v) is 22.6. The molecule has 0 aromatic heterocycles. The van der Waals surface area contributed by atoms with Crippen LogP contribution in [0.4, 0.5) is 26.3 Å². The number of halogens is 6. The minimum atomic E-state index is -5.84. The van der Waals surface area contributed by atoms with E-state index in [1.165, 1.54) is 124 Å². The van der Waals surface area contributed by atoms with Gasteiger partial charge in [-0.1, -0.05) is 79.9 Å². The van der Waals surface area contributed by atoms with Crippen molar-refractivity contribution in [2.75, 3.05) is 30.1 Å². The standard InChI is InChI=1S/C29H38S4.C2H3F3O3S.CHF3O3S/c1(2-4-6-10-24-12-16-26(17-13-24)28-30-20-8-21-31-28)3-5-7-11-25-14-18-27(19-15-25)29-32-22-9-23-33-29;1-8-9(6,7)2(3,4)5;2-1(3,4)8(5,6)7/h12-19H,1-11,20-23H2;1H3;(H,5,6,7)/q+2;;. The Morgan fingerprint density at radius 1 is 0.640 bits per heavy atom. The highest BCUT2D eigenvalue weighted by atomic mass is 32.2. The highest BCUT2D eigenvalue weighted by molar-refractivity contribution is 8.23. The van der Waals surface area contributed by atoms with Crippen molar-refractivity contribution < 1.29 is 51.9 Å². The zero-order chi connectivity index (χ0) is 37.3. The van der Waals surface area contributed by atoms with Crippen LogP contribution in [-0.4, -0.2) is 70.9 Å². The Morgan fingerprint density at radius 3 is 1.22 bits per heavy atom. The monoisotopic (exact) mass is 828 g/mol. The largest absolute Gasteiger partial charge is 0.523 e. The van der Waals surface area contributed by atoms with Crippen LogP contribution in [0.15, 0.2) is 48.5 Å². The first-order chi connectivity index (χ1) is 23.4. The molecule has 2 aliphatic heterocycles. The van der Waals surface area contributed by atoms with Crippen LogP contribution in [0.1, 0.15) is 80.0 Å². The molecule has 50 heavy (non-hydrogen) atoms. The van der Waals surface area contributed by atoms with Gasteiger partial charge in [-0.2, -0.15) is 43.2 Å². The van der Waals surface area contributed by atoms with Crippen LogP contribution >= 0.6 is 23.5 Å². The van der Waals surface area contributed by atoms with Crippen LogP contribution in [0.25, 0.3) is 0 Å². The molecular weight excluding hydrogens is 787 g/mol. The van der Waals surface area contributed by atoms with Crippen LogP contribution in [0, 0.1) is 0 Å². The molecule has 0 bridgehead atoms. The molecule has 0 spiro atoms. The Labute approximate surface area is 307 Å². The molecule has 1 N–H and O–H groups in total. The third-order valence-corrected chi connectivity index (χ3v) is 14.1. The lowest BCUT2D eigenvalue weighted by atomic mass is 10.0. The fourth-order valence-corrected chi connectivity index (χ4v) is 9.77. The van der Waals surface area contributed by atoms with Gasteiger partial charge in [0.1, 0.15) is 0 Å². The van der Waals surface area contributed by atoms with E-state index in [1.54, 1.807) is 0 Å². The van der Waals surface area contributed by atoms with Gasteiger partial charge in [-0.25, -0.2) is 0 Å². The zero-order valence-corrected chi connectivity index (χ0v) is 32.3. The predicted octanol–water partition coefficient (Wildman–Crippen LogP) is 8.47. The summed E-state index contributed by atoms with van der Waals surface area (Å²) in [7, 11) is -10.7. The van der Waals surface area contributed by atoms with Crippen molar-refractivity contribution in [3.8, 4) is 0 Å². The maximum Gasteiger partial charge on any atom is 0.523 e. The summed E-state index contributed by atoms with van der Waals surface area (Å²) in [6.07, 6.45) is 14.8. The van der Waals surface area contributed by atoms with Crippen LogP contribution < -0.4 is 0 Å². The molecule has 2 aromatic rings. The lowest BCUT2D eigenvalue weighted by Crippen LogP contribution is -2.23. The van der Waals surface area contributed by atoms with Crippen LogP contribution in [-0.2, 0) is 60.0 Å². The van der Waals surface area contributed by atoms with Gasteiger partial charge < -0.3 is 0 Å². The van der Waals surface area contributed by atoms with Gasteiger partial charge in [0, 0.05) is 35.5 Å². The van der Waals surface area contributed by atoms with E-state index in [0.717, 1.165) is 0 Å². The molecule has 0 radical (unpaired) electrons. The molecule has 2 aromatic carbocycles. The summed E-state index contributed by atoms with van der Waals surface area (Å²) in [5.41, 5.74) is -4.95.